The number of methoxy groups -OCH3 is 1. The molecule has 2 aromatic rings. The number of hydrogen-bond acceptors (Lipinski definition) is 3. The Kier molecular flexibility index (Phi) is 11.2. The maximum Gasteiger partial charge on any atom is 0.332 e. The molecule has 0 bridgehead atoms. The van der Waals surface area contributed by atoms with Gasteiger partial charge in [-0.05, 0) is 24.1 Å². The molecular weight excluding hydrogens is 382 g/mol. The van der Waals surface area contributed by atoms with Gasteiger partial charge >= 0.3 is 5.97 Å². The fourth-order valence-corrected chi connectivity index (χ4v) is 2.45. The molecule has 2 aromatic carbocycles. The molecule has 0 saturated carbocycles. The fraction of sp³-hybridized carbons (Fsp3) is 0.107. The van der Waals surface area contributed by atoms with Crippen LogP contribution in [0.25, 0.3) is 12.2 Å². The van der Waals surface area contributed by atoms with Gasteiger partial charge in [-0.3, -0.25) is 0 Å². The van der Waals surface area contributed by atoms with Gasteiger partial charge in [-0.2, -0.15) is 5.26 Å². The molecule has 0 unspecified atom stereocenters. The van der Waals surface area contributed by atoms with Crippen LogP contribution in [0.5, 0.6) is 0 Å². The van der Waals surface area contributed by atoms with Gasteiger partial charge in [-0.15, -0.1) is 5.73 Å². The molecule has 0 radical (unpaired) electrons. The van der Waals surface area contributed by atoms with Gasteiger partial charge in [0.05, 0.1) is 18.6 Å². The van der Waals surface area contributed by atoms with Crippen LogP contribution in [0.1, 0.15) is 18.1 Å². The number of carbonyl (C=O) groups excluding carboxylic acids is 1. The topological polar surface area (TPSA) is 50.1 Å². The molecule has 0 amide bonds. The first-order valence-corrected chi connectivity index (χ1v) is 9.63. The maximum atomic E-state index is 10.2. The second-order valence-electron chi connectivity index (χ2n) is 6.57. The number of hydrogen-bond donors (Lipinski definition) is 0. The Balaban J connectivity index is 0.000000592. The van der Waals surface area contributed by atoms with Crippen molar-refractivity contribution < 1.29 is 9.53 Å². The van der Waals surface area contributed by atoms with Crippen LogP contribution in [-0.2, 0) is 9.53 Å². The van der Waals surface area contributed by atoms with Gasteiger partial charge in [-0.1, -0.05) is 104 Å². The van der Waals surface area contributed by atoms with Crippen LogP contribution < -0.4 is 0 Å². The summed E-state index contributed by atoms with van der Waals surface area (Å²) >= 11 is 0. The third-order valence-corrected chi connectivity index (χ3v) is 4.06. The molecule has 0 aromatic heterocycles. The van der Waals surface area contributed by atoms with Gasteiger partial charge in [0.25, 0.3) is 0 Å². The molecule has 0 saturated heterocycles. The lowest BCUT2D eigenvalue weighted by molar-refractivity contribution is -0.136. The Morgan fingerprint density at radius 3 is 1.77 bits per heavy atom. The van der Waals surface area contributed by atoms with Gasteiger partial charge in [0.1, 0.15) is 0 Å². The zero-order valence-corrected chi connectivity index (χ0v) is 18.0. The molecule has 0 spiro atoms. The summed E-state index contributed by atoms with van der Waals surface area (Å²) in [6.45, 7) is 8.65. The molecule has 0 aliphatic rings. The van der Waals surface area contributed by atoms with E-state index in [1.807, 2.05) is 97.1 Å². The minimum atomic E-state index is -0.552. The lowest BCUT2D eigenvalue weighted by Gasteiger charge is -2.17. The highest BCUT2D eigenvalue weighted by atomic mass is 16.5. The molecule has 0 heterocycles. The third kappa shape index (κ3) is 9.76. The van der Waals surface area contributed by atoms with E-state index in [1.165, 1.54) is 13.2 Å². The van der Waals surface area contributed by atoms with Crippen LogP contribution in [-0.4, -0.2) is 13.1 Å². The normalized spacial score (nSPS) is 12.3. The molecule has 0 N–H and O–H groups in total. The second kappa shape index (κ2) is 14.0. The fourth-order valence-electron chi connectivity index (χ4n) is 2.45. The van der Waals surface area contributed by atoms with E-state index in [-0.39, 0.29) is 5.97 Å². The first kappa shape index (κ1) is 24.9. The first-order chi connectivity index (χ1) is 15.0. The first-order valence-electron chi connectivity index (χ1n) is 9.63. The van der Waals surface area contributed by atoms with Crippen molar-refractivity contribution in [1.29, 1.82) is 5.26 Å². The summed E-state index contributed by atoms with van der Waals surface area (Å²) in [5.74, 6) is -0.347. The van der Waals surface area contributed by atoms with E-state index in [0.717, 1.165) is 11.1 Å². The van der Waals surface area contributed by atoms with Crippen molar-refractivity contribution in [2.45, 2.75) is 6.92 Å². The summed E-state index contributed by atoms with van der Waals surface area (Å²) < 4.78 is 4.27. The van der Waals surface area contributed by atoms with Crippen molar-refractivity contribution in [3.05, 3.63) is 127 Å². The Morgan fingerprint density at radius 1 is 0.968 bits per heavy atom. The third-order valence-electron chi connectivity index (χ3n) is 4.06. The van der Waals surface area contributed by atoms with E-state index in [0.29, 0.717) is 5.57 Å². The largest absolute Gasteiger partial charge is 0.466 e. The van der Waals surface area contributed by atoms with Gasteiger partial charge in [0, 0.05) is 11.6 Å². The molecule has 0 aliphatic heterocycles. The minimum absolute atomic E-state index is 0.347. The smallest absolute Gasteiger partial charge is 0.332 e. The van der Waals surface area contributed by atoms with Crippen LogP contribution in [0, 0.1) is 16.7 Å². The molecule has 3 heteroatoms. The Labute approximate surface area is 185 Å². The highest BCUT2D eigenvalue weighted by molar-refractivity contribution is 5.86. The predicted molar refractivity (Wildman–Crippen MR) is 129 cm³/mol. The zero-order valence-electron chi connectivity index (χ0n) is 18.0. The zero-order chi connectivity index (χ0) is 23.0. The second-order valence-corrected chi connectivity index (χ2v) is 6.57. The number of ether oxygens (including phenoxy) is 1. The monoisotopic (exact) mass is 409 g/mol. The molecule has 0 atom stereocenters. The summed E-state index contributed by atoms with van der Waals surface area (Å²) in [7, 11) is 1.33. The lowest BCUT2D eigenvalue weighted by atomic mass is 9.85. The number of nitrogens with zero attached hydrogens (tertiary/aromatic N) is 1. The number of allylic oxidation sites excluding steroid dienone is 5. The summed E-state index contributed by atoms with van der Waals surface area (Å²) in [6.07, 6.45) is 13.3. The molecule has 3 nitrogen and oxygen atoms in total. The molecule has 0 aliphatic carbocycles. The van der Waals surface area contributed by atoms with E-state index in [9.17, 15) is 4.79 Å². The van der Waals surface area contributed by atoms with Gasteiger partial charge < -0.3 is 4.74 Å². The lowest BCUT2D eigenvalue weighted by Crippen LogP contribution is -2.07. The van der Waals surface area contributed by atoms with Crippen molar-refractivity contribution in [3.63, 3.8) is 0 Å². The molecule has 156 valence electrons. The maximum absolute atomic E-state index is 10.2. The predicted octanol–water partition coefficient (Wildman–Crippen LogP) is 6.56. The van der Waals surface area contributed by atoms with Gasteiger partial charge in [0.15, 0.2) is 0 Å². The SMILES string of the molecule is C=C(C)C(=O)OC.C=C=CC(C=CC#N)(C=Cc1ccccc1)C=Cc1ccccc1. The molecule has 2 rings (SSSR count). The van der Waals surface area contributed by atoms with Crippen LogP contribution in [0.15, 0.2) is 116 Å². The number of rotatable bonds is 7. The van der Waals surface area contributed by atoms with Crippen LogP contribution >= 0.6 is 0 Å². The number of esters is 1. The van der Waals surface area contributed by atoms with Crippen LogP contribution in [0.2, 0.25) is 0 Å². The van der Waals surface area contributed by atoms with Crippen molar-refractivity contribution >= 4 is 18.1 Å². The summed E-state index contributed by atoms with van der Waals surface area (Å²) in [4.78, 5) is 10.2. The van der Waals surface area contributed by atoms with Crippen molar-refractivity contribution in [3.8, 4) is 6.07 Å². The number of carbonyl (C=O) groups is 1. The summed E-state index contributed by atoms with van der Waals surface area (Å²) in [5, 5.41) is 8.93. The van der Waals surface area contributed by atoms with E-state index < -0.39 is 5.41 Å². The van der Waals surface area contributed by atoms with Gasteiger partial charge in [0.2, 0.25) is 0 Å². The van der Waals surface area contributed by atoms with E-state index >= 15 is 0 Å². The Bertz CT molecular complexity index is 966. The molecular formula is C28H27NO2. The van der Waals surface area contributed by atoms with Gasteiger partial charge in [-0.25, -0.2) is 4.79 Å². The average Bonchev–Trinajstić information content (AvgIpc) is 2.81. The standard InChI is InChI=1S/C23H19N.C5H8O2/c1-2-16-23(17-9-20-24,18-14-21-10-5-3-6-11-21)19-15-22-12-7-4-8-13-22;1-4(2)5(6)7-3/h3-19H,1H2;1H2,2-3H3. The summed E-state index contributed by atoms with van der Waals surface area (Å²) in [6, 6.07) is 22.2. The van der Waals surface area contributed by atoms with E-state index in [2.05, 4.69) is 29.7 Å². The van der Waals surface area contributed by atoms with Crippen LogP contribution in [0.3, 0.4) is 0 Å². The Morgan fingerprint density at radius 2 is 1.45 bits per heavy atom. The number of benzene rings is 2. The number of nitriles is 1. The van der Waals surface area contributed by atoms with E-state index in [1.54, 1.807) is 6.92 Å². The average molecular weight is 410 g/mol. The van der Waals surface area contributed by atoms with Crippen molar-refractivity contribution in [2.75, 3.05) is 7.11 Å². The van der Waals surface area contributed by atoms with E-state index in [4.69, 9.17) is 5.26 Å². The summed E-state index contributed by atoms with van der Waals surface area (Å²) in [5.41, 5.74) is 4.92. The highest BCUT2D eigenvalue weighted by Gasteiger charge is 2.16. The van der Waals surface area contributed by atoms with Crippen LogP contribution in [0.4, 0.5) is 0 Å². The van der Waals surface area contributed by atoms with Crippen molar-refractivity contribution in [1.82, 2.24) is 0 Å². The molecule has 31 heavy (non-hydrogen) atoms. The highest BCUT2D eigenvalue weighted by Crippen LogP contribution is 2.28. The quantitative estimate of drug-likeness (QED) is 0.225. The minimum Gasteiger partial charge on any atom is -0.466 e. The van der Waals surface area contributed by atoms with Crippen molar-refractivity contribution in [2.24, 2.45) is 5.41 Å². The molecule has 0 fully saturated rings. The Hall–Kier alpha value is -4.12.